The molecule has 0 fully saturated rings. The van der Waals surface area contributed by atoms with Gasteiger partial charge in [0.05, 0.1) is 5.69 Å². The zero-order valence-electron chi connectivity index (χ0n) is 11.6. The van der Waals surface area contributed by atoms with Crippen LogP contribution in [0.5, 0.6) is 0 Å². The van der Waals surface area contributed by atoms with Gasteiger partial charge in [0, 0.05) is 5.75 Å². The molecule has 4 aromatic rings. The van der Waals surface area contributed by atoms with E-state index in [-0.39, 0.29) is 0 Å². The molecular weight excluding hydrogens is 296 g/mol. The SMILES string of the molecule is c1ccc2oc(SCc3ccc(-n4cncn4)cc3)nc2c1. The predicted molar refractivity (Wildman–Crippen MR) is 84.9 cm³/mol. The van der Waals surface area contributed by atoms with Crippen LogP contribution < -0.4 is 0 Å². The second-order valence-corrected chi connectivity index (χ2v) is 5.67. The first kappa shape index (κ1) is 13.1. The molecule has 0 amide bonds. The third-order valence-corrected chi connectivity index (χ3v) is 4.16. The maximum Gasteiger partial charge on any atom is 0.257 e. The van der Waals surface area contributed by atoms with Crippen molar-refractivity contribution in [1.82, 2.24) is 19.7 Å². The molecule has 0 aliphatic carbocycles. The summed E-state index contributed by atoms with van der Waals surface area (Å²) in [7, 11) is 0. The minimum atomic E-state index is 0.696. The lowest BCUT2D eigenvalue weighted by molar-refractivity contribution is 0.489. The van der Waals surface area contributed by atoms with Crippen molar-refractivity contribution in [3.8, 4) is 5.69 Å². The summed E-state index contributed by atoms with van der Waals surface area (Å²) in [5, 5.41) is 4.81. The summed E-state index contributed by atoms with van der Waals surface area (Å²) in [6, 6.07) is 16.0. The highest BCUT2D eigenvalue weighted by Gasteiger charge is 2.06. The number of oxazole rings is 1. The van der Waals surface area contributed by atoms with Crippen molar-refractivity contribution in [1.29, 1.82) is 0 Å². The minimum Gasteiger partial charge on any atom is -0.431 e. The maximum atomic E-state index is 5.70. The zero-order chi connectivity index (χ0) is 14.8. The van der Waals surface area contributed by atoms with Crippen LogP contribution in [0.4, 0.5) is 0 Å². The van der Waals surface area contributed by atoms with Crippen molar-refractivity contribution in [2.75, 3.05) is 0 Å². The molecule has 0 atom stereocenters. The summed E-state index contributed by atoms with van der Waals surface area (Å²) in [5.41, 5.74) is 3.92. The van der Waals surface area contributed by atoms with Crippen molar-refractivity contribution in [3.05, 3.63) is 66.7 Å². The Morgan fingerprint density at radius 3 is 2.68 bits per heavy atom. The number of thioether (sulfide) groups is 1. The Kier molecular flexibility index (Phi) is 3.36. The highest BCUT2D eigenvalue weighted by atomic mass is 32.2. The van der Waals surface area contributed by atoms with Gasteiger partial charge in [-0.3, -0.25) is 0 Å². The molecule has 22 heavy (non-hydrogen) atoms. The maximum absolute atomic E-state index is 5.70. The predicted octanol–water partition coefficient (Wildman–Crippen LogP) is 3.70. The van der Waals surface area contributed by atoms with E-state index in [9.17, 15) is 0 Å². The molecule has 4 rings (SSSR count). The van der Waals surface area contributed by atoms with Crippen LogP contribution in [-0.2, 0) is 5.75 Å². The van der Waals surface area contributed by atoms with Gasteiger partial charge in [-0.2, -0.15) is 5.10 Å². The largest absolute Gasteiger partial charge is 0.431 e. The van der Waals surface area contributed by atoms with Crippen molar-refractivity contribution in [3.63, 3.8) is 0 Å². The van der Waals surface area contributed by atoms with E-state index >= 15 is 0 Å². The number of rotatable bonds is 4. The first-order valence-corrected chi connectivity index (χ1v) is 7.79. The fourth-order valence-corrected chi connectivity index (χ4v) is 2.94. The molecule has 6 heteroatoms. The van der Waals surface area contributed by atoms with Crippen LogP contribution in [0.3, 0.4) is 0 Å². The molecule has 2 aromatic heterocycles. The first-order chi connectivity index (χ1) is 10.9. The number of benzene rings is 2. The number of para-hydroxylation sites is 2. The summed E-state index contributed by atoms with van der Waals surface area (Å²) in [4.78, 5) is 8.40. The molecule has 2 aromatic carbocycles. The van der Waals surface area contributed by atoms with Gasteiger partial charge in [0.2, 0.25) is 0 Å². The van der Waals surface area contributed by atoms with E-state index in [1.807, 2.05) is 36.4 Å². The number of nitrogens with zero attached hydrogens (tertiary/aromatic N) is 4. The van der Waals surface area contributed by atoms with Gasteiger partial charge in [0.1, 0.15) is 18.2 Å². The lowest BCUT2D eigenvalue weighted by atomic mass is 10.2. The second kappa shape index (κ2) is 5.65. The van der Waals surface area contributed by atoms with Gasteiger partial charge in [-0.05, 0) is 29.8 Å². The van der Waals surface area contributed by atoms with Gasteiger partial charge in [-0.25, -0.2) is 14.6 Å². The Hall–Kier alpha value is -2.60. The van der Waals surface area contributed by atoms with Gasteiger partial charge in [-0.15, -0.1) is 0 Å². The summed E-state index contributed by atoms with van der Waals surface area (Å²) in [5.74, 6) is 0.810. The summed E-state index contributed by atoms with van der Waals surface area (Å²) >= 11 is 1.59. The molecule has 0 aliphatic heterocycles. The Balaban J connectivity index is 1.47. The van der Waals surface area contributed by atoms with Crippen molar-refractivity contribution in [2.24, 2.45) is 0 Å². The van der Waals surface area contributed by atoms with Crippen LogP contribution in [0.1, 0.15) is 5.56 Å². The molecule has 0 unspecified atom stereocenters. The molecule has 0 radical (unpaired) electrons. The van der Waals surface area contributed by atoms with Crippen molar-refractivity contribution < 1.29 is 4.42 Å². The smallest absolute Gasteiger partial charge is 0.257 e. The van der Waals surface area contributed by atoms with E-state index in [1.165, 1.54) is 11.9 Å². The van der Waals surface area contributed by atoms with Gasteiger partial charge in [0.15, 0.2) is 5.58 Å². The summed E-state index contributed by atoms with van der Waals surface area (Å²) in [6.07, 6.45) is 3.21. The molecule has 108 valence electrons. The summed E-state index contributed by atoms with van der Waals surface area (Å²) in [6.45, 7) is 0. The Morgan fingerprint density at radius 2 is 1.91 bits per heavy atom. The van der Waals surface area contributed by atoms with Crippen LogP contribution in [0.2, 0.25) is 0 Å². The first-order valence-electron chi connectivity index (χ1n) is 6.81. The quantitative estimate of drug-likeness (QED) is 0.538. The number of hydrogen-bond acceptors (Lipinski definition) is 5. The van der Waals surface area contributed by atoms with Crippen LogP contribution in [0, 0.1) is 0 Å². The molecule has 0 saturated heterocycles. The standard InChI is InChI=1S/C16H12N4OS/c1-2-4-15-14(3-1)19-16(21-15)22-9-12-5-7-13(8-6-12)20-11-17-10-18-20/h1-8,10-11H,9H2. The average Bonchev–Trinajstić information content (AvgIpc) is 3.22. The molecular formula is C16H12N4OS. The van der Waals surface area contributed by atoms with Crippen LogP contribution in [-0.4, -0.2) is 19.7 Å². The van der Waals surface area contributed by atoms with E-state index in [2.05, 4.69) is 27.2 Å². The van der Waals surface area contributed by atoms with Gasteiger partial charge < -0.3 is 4.42 Å². The Morgan fingerprint density at radius 1 is 1.05 bits per heavy atom. The molecule has 0 saturated carbocycles. The molecule has 0 N–H and O–H groups in total. The van der Waals surface area contributed by atoms with E-state index in [0.717, 1.165) is 22.5 Å². The van der Waals surface area contributed by atoms with E-state index in [4.69, 9.17) is 4.42 Å². The van der Waals surface area contributed by atoms with Crippen LogP contribution in [0.25, 0.3) is 16.8 Å². The van der Waals surface area contributed by atoms with Gasteiger partial charge >= 0.3 is 0 Å². The fraction of sp³-hybridized carbons (Fsp3) is 0.0625. The van der Waals surface area contributed by atoms with E-state index in [0.29, 0.717) is 5.22 Å². The minimum absolute atomic E-state index is 0.696. The fourth-order valence-electron chi connectivity index (χ4n) is 2.14. The van der Waals surface area contributed by atoms with Crippen LogP contribution >= 0.6 is 11.8 Å². The van der Waals surface area contributed by atoms with E-state index < -0.39 is 0 Å². The van der Waals surface area contributed by atoms with E-state index in [1.54, 1.807) is 22.8 Å². The van der Waals surface area contributed by atoms with Crippen molar-refractivity contribution in [2.45, 2.75) is 11.0 Å². The molecule has 0 bridgehead atoms. The third kappa shape index (κ3) is 2.60. The Labute approximate surface area is 131 Å². The van der Waals surface area contributed by atoms with Crippen molar-refractivity contribution >= 4 is 22.9 Å². The Bertz CT molecular complexity index is 851. The summed E-state index contributed by atoms with van der Waals surface area (Å²) < 4.78 is 7.44. The van der Waals surface area contributed by atoms with Crippen LogP contribution in [0.15, 0.2) is 70.8 Å². The average molecular weight is 308 g/mol. The monoisotopic (exact) mass is 308 g/mol. The molecule has 0 spiro atoms. The lowest BCUT2D eigenvalue weighted by Crippen LogP contribution is -1.94. The number of fused-ring (bicyclic) bond motifs is 1. The second-order valence-electron chi connectivity index (χ2n) is 4.74. The lowest BCUT2D eigenvalue weighted by Gasteiger charge is -2.02. The number of aromatic nitrogens is 4. The normalized spacial score (nSPS) is 11.1. The van der Waals surface area contributed by atoms with Gasteiger partial charge in [0.25, 0.3) is 5.22 Å². The topological polar surface area (TPSA) is 56.7 Å². The zero-order valence-corrected chi connectivity index (χ0v) is 12.4. The number of hydrogen-bond donors (Lipinski definition) is 0. The molecule has 0 aliphatic rings. The molecule has 5 nitrogen and oxygen atoms in total. The molecule has 2 heterocycles. The highest BCUT2D eigenvalue weighted by Crippen LogP contribution is 2.26. The van der Waals surface area contributed by atoms with Gasteiger partial charge in [-0.1, -0.05) is 36.0 Å². The third-order valence-electron chi connectivity index (χ3n) is 3.26. The highest BCUT2D eigenvalue weighted by molar-refractivity contribution is 7.98.